The van der Waals surface area contributed by atoms with Gasteiger partial charge in [0.05, 0.1) is 58.9 Å². The molecule has 0 aliphatic carbocycles. The van der Waals surface area contributed by atoms with Gasteiger partial charge in [0.25, 0.3) is 6.71 Å². The van der Waals surface area contributed by atoms with Gasteiger partial charge < -0.3 is 19.6 Å². The van der Waals surface area contributed by atoms with E-state index >= 15 is 0 Å². The number of aromatic nitrogens is 6. The summed E-state index contributed by atoms with van der Waals surface area (Å²) in [4.78, 5) is 29.8. The highest BCUT2D eigenvalue weighted by Gasteiger charge is 2.45. The van der Waals surface area contributed by atoms with E-state index in [1.807, 2.05) is 36.7 Å². The first-order valence-corrected chi connectivity index (χ1v) is 43.8. The molecule has 0 N–H and O–H groups in total. The maximum Gasteiger partial charge on any atom is 0.252 e. The van der Waals surface area contributed by atoms with Gasteiger partial charge in [-0.15, -0.1) is 22.7 Å². The molecule has 8 heterocycles. The zero-order valence-corrected chi connectivity index (χ0v) is 71.1. The van der Waals surface area contributed by atoms with Crippen LogP contribution in [0.15, 0.2) is 364 Å². The number of pyridine rings is 2. The SMILES string of the molecule is CC(C)(C)c1cc(N(Cc2ccccc2)c2ccc(-c3nc4ccccc4s3)cc2)c(Cl)c(N(Cc2ccccc2)c2ccc3c(c2)c2ccccc2n3-c2ccccn2)c1.CC(C)(C)c1cc2c3c(c1)N(Cc1ccccc1)c1cc4c5ccccc5n(-c5ccccn5)c4cc1B3c1cc(-c3nc4ccccc4s3)ccc1N2Cc1ccccc1. The minimum atomic E-state index is -0.179. The molecule has 0 radical (unpaired) electrons. The smallest absolute Gasteiger partial charge is 0.252 e. The first-order valence-electron chi connectivity index (χ1n) is 41.8. The van der Waals surface area contributed by atoms with Crippen molar-refractivity contribution in [2.45, 2.75) is 78.6 Å². The third-order valence-corrected chi connectivity index (χ3v) is 26.7. The Labute approximate surface area is 724 Å². The summed E-state index contributed by atoms with van der Waals surface area (Å²) in [5, 5.41) is 7.50. The van der Waals surface area contributed by atoms with Gasteiger partial charge >= 0.3 is 0 Å². The van der Waals surface area contributed by atoms with E-state index in [4.69, 9.17) is 31.5 Å². The third kappa shape index (κ3) is 14.0. The van der Waals surface area contributed by atoms with Gasteiger partial charge in [0.2, 0.25) is 0 Å². The molecule has 0 bridgehead atoms. The van der Waals surface area contributed by atoms with Crippen LogP contribution in [0.1, 0.15) is 74.9 Å². The number of nitrogens with zero attached hydrogens (tertiary/aromatic N) is 10. The van der Waals surface area contributed by atoms with E-state index in [9.17, 15) is 0 Å². The van der Waals surface area contributed by atoms with Crippen LogP contribution >= 0.6 is 34.3 Å². The van der Waals surface area contributed by atoms with Crippen molar-refractivity contribution in [2.24, 2.45) is 0 Å². The Kier molecular flexibility index (Phi) is 19.3. The number of hydrogen-bond acceptors (Lipinski definition) is 10. The van der Waals surface area contributed by atoms with Gasteiger partial charge in [0.15, 0.2) is 0 Å². The van der Waals surface area contributed by atoms with Crippen molar-refractivity contribution in [2.75, 3.05) is 19.6 Å². The zero-order chi connectivity index (χ0) is 82.3. The molecule has 22 rings (SSSR count). The topological polar surface area (TPSA) is 74.4 Å². The number of thiazole rings is 2. The molecule has 0 atom stereocenters. The second kappa shape index (κ2) is 31.2. The van der Waals surface area contributed by atoms with Crippen LogP contribution in [0.5, 0.6) is 0 Å². The fraction of sp³-hybridized carbons (Fsp3) is 0.111. The Bertz CT molecular complexity index is 7250. The lowest BCUT2D eigenvalue weighted by molar-refractivity contribution is 0.590. The summed E-state index contributed by atoms with van der Waals surface area (Å²) in [6, 6.07) is 127. The van der Waals surface area contributed by atoms with Crippen LogP contribution in [0.3, 0.4) is 0 Å². The van der Waals surface area contributed by atoms with Gasteiger partial charge in [0.1, 0.15) is 21.7 Å². The summed E-state index contributed by atoms with van der Waals surface area (Å²) in [5.74, 6) is 1.80. The Morgan fingerprint density at radius 1 is 0.344 bits per heavy atom. The Hall–Kier alpha value is -13.7. The summed E-state index contributed by atoms with van der Waals surface area (Å²) >= 11 is 11.4. The molecule has 0 fully saturated rings. The van der Waals surface area contributed by atoms with Crippen molar-refractivity contribution < 1.29 is 0 Å². The zero-order valence-electron chi connectivity index (χ0n) is 68.7. The summed E-state index contributed by atoms with van der Waals surface area (Å²) in [6.45, 7) is 16.6. The summed E-state index contributed by atoms with van der Waals surface area (Å²) in [7, 11) is 0. The highest BCUT2D eigenvalue weighted by Crippen LogP contribution is 2.50. The molecular formula is C108H86BClN10S2. The van der Waals surface area contributed by atoms with E-state index < -0.39 is 0 Å². The van der Waals surface area contributed by atoms with Crippen LogP contribution in [0.2, 0.25) is 5.02 Å². The molecule has 2 aliphatic heterocycles. The van der Waals surface area contributed by atoms with Crippen molar-refractivity contribution in [1.29, 1.82) is 0 Å². The van der Waals surface area contributed by atoms with Gasteiger partial charge in [-0.05, 0) is 212 Å². The van der Waals surface area contributed by atoms with E-state index in [1.54, 1.807) is 22.7 Å². The number of fused-ring (bicyclic) bond motifs is 12. The lowest BCUT2D eigenvalue weighted by Gasteiger charge is -2.45. The second-order valence-corrected chi connectivity index (χ2v) is 36.4. The van der Waals surface area contributed by atoms with E-state index in [2.05, 4.69) is 398 Å². The monoisotopic (exact) mass is 1630 g/mol. The lowest BCUT2D eigenvalue weighted by Crippen LogP contribution is -2.62. The molecule has 2 aliphatic rings. The Morgan fingerprint density at radius 3 is 1.30 bits per heavy atom. The number of benzene rings is 14. The van der Waals surface area contributed by atoms with Gasteiger partial charge in [-0.2, -0.15) is 0 Å². The molecule has 0 saturated carbocycles. The van der Waals surface area contributed by atoms with Crippen molar-refractivity contribution >= 4 is 167 Å². The van der Waals surface area contributed by atoms with Crippen LogP contribution in [0.25, 0.3) is 96.8 Å². The van der Waals surface area contributed by atoms with Crippen molar-refractivity contribution in [1.82, 2.24) is 29.1 Å². The van der Waals surface area contributed by atoms with Crippen LogP contribution in [0.4, 0.5) is 45.5 Å². The number of para-hydroxylation sites is 4. The minimum absolute atomic E-state index is 0.0445. The molecule has 14 heteroatoms. The van der Waals surface area contributed by atoms with E-state index in [0.29, 0.717) is 18.1 Å². The highest BCUT2D eigenvalue weighted by atomic mass is 35.5. The van der Waals surface area contributed by atoms with Crippen molar-refractivity contribution in [3.05, 3.63) is 403 Å². The molecule has 122 heavy (non-hydrogen) atoms. The molecule has 10 nitrogen and oxygen atoms in total. The first kappa shape index (κ1) is 75.8. The van der Waals surface area contributed by atoms with Gasteiger partial charge in [-0.3, -0.25) is 9.13 Å². The minimum Gasteiger partial charge on any atom is -0.338 e. The van der Waals surface area contributed by atoms with Crippen molar-refractivity contribution in [3.8, 4) is 32.8 Å². The molecule has 20 aromatic rings. The number of rotatable bonds is 16. The Balaban J connectivity index is 0.000000150. The largest absolute Gasteiger partial charge is 0.338 e. The standard InChI is InChI=1S/C54H42BN5S.C54H44ClN5S/c1-54(2,3)38-29-48-52-49(30-38)59(34-36-18-8-5-9-19-36)47-31-40-39-20-10-12-22-44(39)60(51-24-14-15-27-56-51)46(40)32-42(47)55(52)41-28-37(53-57-43-21-11-13-23-50(43)61-53)25-26-45(41)58(48)33-35-16-6-4-7-17-35;1-54(2,3)40-32-48(58(35-37-16-6-4-7-17-37)41-27-25-39(26-28-41)53-57-45-21-11-13-23-50(45)61-53)52(55)49(33-40)59(36-38-18-8-5-9-19-38)42-29-30-47-44(34-42)43-20-10-12-22-46(43)60(47)51-24-14-15-31-56-51/h4-32H,33-34H2,1-3H3;4-34H,35-36H2,1-3H3. The maximum absolute atomic E-state index is 7.92. The average molecular weight is 1630 g/mol. The predicted octanol–water partition coefficient (Wildman–Crippen LogP) is 26.7. The molecule has 0 spiro atoms. The summed E-state index contributed by atoms with van der Waals surface area (Å²) in [5.41, 5.74) is 28.9. The van der Waals surface area contributed by atoms with Gasteiger partial charge in [-0.1, -0.05) is 253 Å². The number of hydrogen-bond donors (Lipinski definition) is 0. The average Bonchev–Trinajstić information content (AvgIpc) is 1.37. The van der Waals surface area contributed by atoms with E-state index in [0.717, 1.165) is 107 Å². The van der Waals surface area contributed by atoms with Gasteiger partial charge in [-0.25, -0.2) is 19.9 Å². The Morgan fingerprint density at radius 2 is 0.770 bits per heavy atom. The molecule has 590 valence electrons. The first-order chi connectivity index (χ1) is 59.6. The lowest BCUT2D eigenvalue weighted by atomic mass is 9.33. The molecule has 0 saturated heterocycles. The van der Waals surface area contributed by atoms with Gasteiger partial charge in [0, 0.05) is 105 Å². The third-order valence-electron chi connectivity index (χ3n) is 24.1. The summed E-state index contributed by atoms with van der Waals surface area (Å²) < 4.78 is 7.00. The fourth-order valence-electron chi connectivity index (χ4n) is 18.0. The van der Waals surface area contributed by atoms with E-state index in [-0.39, 0.29) is 17.5 Å². The number of anilines is 8. The van der Waals surface area contributed by atoms with Crippen molar-refractivity contribution in [3.63, 3.8) is 0 Å². The van der Waals surface area contributed by atoms with Crippen LogP contribution in [0, 0.1) is 0 Å². The number of halogens is 1. The molecule has 14 aromatic carbocycles. The molecular weight excluding hydrogens is 1550 g/mol. The quantitative estimate of drug-likeness (QED) is 0.0886. The molecule has 0 unspecified atom stereocenters. The van der Waals surface area contributed by atoms with E-state index in [1.165, 1.54) is 98.1 Å². The van der Waals surface area contributed by atoms with Crippen LogP contribution < -0.4 is 36.0 Å². The second-order valence-electron chi connectivity index (χ2n) is 34.0. The molecule has 0 amide bonds. The normalized spacial score (nSPS) is 12.5. The maximum atomic E-state index is 7.92. The molecule has 6 aromatic heterocycles. The van der Waals surface area contributed by atoms with Crippen LogP contribution in [-0.2, 0) is 37.0 Å². The highest BCUT2D eigenvalue weighted by molar-refractivity contribution is 7.22. The fourth-order valence-corrected chi connectivity index (χ4v) is 20.3. The summed E-state index contributed by atoms with van der Waals surface area (Å²) in [6.07, 6.45) is 3.75. The van der Waals surface area contributed by atoms with Crippen LogP contribution in [-0.4, -0.2) is 35.8 Å². The predicted molar refractivity (Wildman–Crippen MR) is 516 cm³/mol.